The van der Waals surface area contributed by atoms with Crippen LogP contribution in [0.1, 0.15) is 51.5 Å². The molecule has 2 fully saturated rings. The number of hydrogen-bond acceptors (Lipinski definition) is 8. The third-order valence-corrected chi connectivity index (χ3v) is 8.03. The van der Waals surface area contributed by atoms with Crippen molar-refractivity contribution < 1.29 is 37.3 Å². The number of carboxylic acid groups (broad SMARTS) is 1. The first-order valence-electron chi connectivity index (χ1n) is 13.8. The number of carboxylic acids is 1. The maximum absolute atomic E-state index is 14.2. The van der Waals surface area contributed by atoms with Crippen LogP contribution in [0.5, 0.6) is 11.8 Å². The van der Waals surface area contributed by atoms with Gasteiger partial charge in [0.05, 0.1) is 48.4 Å². The summed E-state index contributed by atoms with van der Waals surface area (Å²) in [6.45, 7) is 5.73. The predicted molar refractivity (Wildman–Crippen MR) is 148 cm³/mol. The Morgan fingerprint density at radius 1 is 1.20 bits per heavy atom. The molecule has 2 aromatic rings. The van der Waals surface area contributed by atoms with E-state index in [1.807, 2.05) is 18.7 Å². The Balaban J connectivity index is 1.50. The molecule has 4 heterocycles. The van der Waals surface area contributed by atoms with Crippen LogP contribution < -0.4 is 19.3 Å². The van der Waals surface area contributed by atoms with Gasteiger partial charge in [0.15, 0.2) is 0 Å². The number of aliphatic carboxylic acids is 1. The van der Waals surface area contributed by atoms with Crippen molar-refractivity contribution in [2.45, 2.75) is 70.4 Å². The lowest BCUT2D eigenvalue weighted by Crippen LogP contribution is -2.39. The second-order valence-electron chi connectivity index (χ2n) is 10.5. The Labute approximate surface area is 242 Å². The van der Waals surface area contributed by atoms with E-state index in [9.17, 15) is 23.1 Å². The van der Waals surface area contributed by atoms with Crippen LogP contribution in [0.3, 0.4) is 0 Å². The summed E-state index contributed by atoms with van der Waals surface area (Å²) in [5.41, 5.74) is -0.0555. The number of piperidine rings is 1. The van der Waals surface area contributed by atoms with Crippen molar-refractivity contribution in [3.05, 3.63) is 35.1 Å². The number of carbonyl (C=O) groups is 1. The Morgan fingerprint density at radius 3 is 2.56 bits per heavy atom. The van der Waals surface area contributed by atoms with Crippen molar-refractivity contribution in [2.24, 2.45) is 5.92 Å². The van der Waals surface area contributed by atoms with Gasteiger partial charge in [0.1, 0.15) is 11.7 Å². The van der Waals surface area contributed by atoms with Gasteiger partial charge in [-0.25, -0.2) is 9.97 Å². The van der Waals surface area contributed by atoms with E-state index in [1.165, 1.54) is 19.5 Å². The number of hydrogen-bond donors (Lipinski definition) is 1. The number of halogens is 4. The van der Waals surface area contributed by atoms with Crippen LogP contribution in [-0.4, -0.2) is 72.6 Å². The fourth-order valence-electron chi connectivity index (χ4n) is 5.41. The fraction of sp³-hybridized carbons (Fsp3) is 0.607. The van der Waals surface area contributed by atoms with Crippen molar-refractivity contribution in [2.75, 3.05) is 43.2 Å². The third kappa shape index (κ3) is 7.45. The number of methoxy groups -OCH3 is 1. The maximum Gasteiger partial charge on any atom is 0.421 e. The minimum atomic E-state index is -4.72. The smallest absolute Gasteiger partial charge is 0.421 e. The van der Waals surface area contributed by atoms with Crippen LogP contribution in [0.25, 0.3) is 0 Å². The molecule has 1 N–H and O–H groups in total. The van der Waals surface area contributed by atoms with Gasteiger partial charge in [-0.2, -0.15) is 13.2 Å². The van der Waals surface area contributed by atoms with E-state index in [-0.39, 0.29) is 30.7 Å². The molecule has 41 heavy (non-hydrogen) atoms. The van der Waals surface area contributed by atoms with Gasteiger partial charge in [-0.15, -0.1) is 0 Å². The minimum Gasteiger partial charge on any atom is -0.481 e. The molecule has 0 unspecified atom stereocenters. The highest BCUT2D eigenvalue weighted by molar-refractivity contribution is 6.33. The van der Waals surface area contributed by atoms with Gasteiger partial charge in [-0.1, -0.05) is 31.9 Å². The first-order chi connectivity index (χ1) is 19.5. The molecule has 226 valence electrons. The lowest BCUT2D eigenvalue weighted by Gasteiger charge is -2.34. The molecule has 0 aromatic carbocycles. The summed E-state index contributed by atoms with van der Waals surface area (Å²) >= 11 is 6.31. The summed E-state index contributed by atoms with van der Waals surface area (Å²) in [5.74, 6) is -1.28. The van der Waals surface area contributed by atoms with Crippen LogP contribution in [0, 0.1) is 5.92 Å². The highest BCUT2D eigenvalue weighted by atomic mass is 35.5. The predicted octanol–water partition coefficient (Wildman–Crippen LogP) is 5.69. The number of nitrogens with zero attached hydrogens (tertiary/aromatic N) is 4. The van der Waals surface area contributed by atoms with Crippen LogP contribution in [-0.2, 0) is 15.7 Å². The Morgan fingerprint density at radius 2 is 1.93 bits per heavy atom. The van der Waals surface area contributed by atoms with Crippen molar-refractivity contribution in [1.82, 2.24) is 9.97 Å². The highest BCUT2D eigenvalue weighted by Gasteiger charge is 2.43. The molecule has 0 spiro atoms. The zero-order valence-corrected chi connectivity index (χ0v) is 24.1. The number of alkyl halides is 3. The van der Waals surface area contributed by atoms with Crippen molar-refractivity contribution >= 4 is 28.9 Å². The topological polar surface area (TPSA) is 97.3 Å². The quantitative estimate of drug-likeness (QED) is 0.326. The summed E-state index contributed by atoms with van der Waals surface area (Å²) in [7, 11) is 1.51. The fourth-order valence-corrected chi connectivity index (χ4v) is 5.64. The van der Waals surface area contributed by atoms with Gasteiger partial charge >= 0.3 is 12.1 Å². The molecule has 2 aliphatic heterocycles. The number of pyridine rings is 2. The molecule has 4 rings (SSSR count). The molecule has 2 saturated heterocycles. The minimum absolute atomic E-state index is 0.188. The second kappa shape index (κ2) is 13.3. The van der Waals surface area contributed by atoms with Crippen molar-refractivity contribution in [1.29, 1.82) is 0 Å². The summed E-state index contributed by atoms with van der Waals surface area (Å²) in [5, 5.41) is 9.95. The van der Waals surface area contributed by atoms with Crippen LogP contribution in [0.2, 0.25) is 5.02 Å². The first-order valence-corrected chi connectivity index (χ1v) is 14.2. The van der Waals surface area contributed by atoms with Crippen LogP contribution >= 0.6 is 11.6 Å². The second-order valence-corrected chi connectivity index (χ2v) is 10.9. The summed E-state index contributed by atoms with van der Waals surface area (Å²) in [6.07, 6.45) is -0.168. The Hall–Kier alpha value is -2.99. The average molecular weight is 601 g/mol. The monoisotopic (exact) mass is 600 g/mol. The van der Waals surface area contributed by atoms with Gasteiger partial charge < -0.3 is 29.1 Å². The number of ether oxygens (including phenoxy) is 3. The Bertz CT molecular complexity index is 1200. The largest absolute Gasteiger partial charge is 0.481 e. The molecule has 2 aliphatic rings. The Kier molecular flexibility index (Phi) is 10.1. The van der Waals surface area contributed by atoms with Gasteiger partial charge in [0.25, 0.3) is 0 Å². The number of anilines is 2. The van der Waals surface area contributed by atoms with Crippen molar-refractivity contribution in [3.63, 3.8) is 0 Å². The van der Waals surface area contributed by atoms with Crippen LogP contribution in [0.4, 0.5) is 24.5 Å². The lowest BCUT2D eigenvalue weighted by atomic mass is 9.97. The first kappa shape index (κ1) is 31.0. The van der Waals surface area contributed by atoms with E-state index in [0.29, 0.717) is 43.4 Å². The van der Waals surface area contributed by atoms with Crippen LogP contribution in [0.15, 0.2) is 24.5 Å². The summed E-state index contributed by atoms with van der Waals surface area (Å²) in [4.78, 5) is 23.5. The highest BCUT2D eigenvalue weighted by Crippen LogP contribution is 2.41. The lowest BCUT2D eigenvalue weighted by molar-refractivity contribution is -0.140. The zero-order chi connectivity index (χ0) is 29.7. The number of unbranched alkanes of at least 4 members (excludes halogenated alkanes) is 1. The van der Waals surface area contributed by atoms with E-state index in [2.05, 4.69) is 9.97 Å². The van der Waals surface area contributed by atoms with E-state index in [0.717, 1.165) is 24.6 Å². The van der Waals surface area contributed by atoms with Gasteiger partial charge in [-0.3, -0.25) is 4.79 Å². The van der Waals surface area contributed by atoms with Gasteiger partial charge in [0.2, 0.25) is 11.8 Å². The van der Waals surface area contributed by atoms with E-state index < -0.39 is 35.7 Å². The number of rotatable bonds is 11. The summed E-state index contributed by atoms with van der Waals surface area (Å²) < 4.78 is 59.7. The van der Waals surface area contributed by atoms with Gasteiger partial charge in [0, 0.05) is 57.1 Å². The molecule has 13 heteroatoms. The number of aromatic nitrogens is 2. The molecular formula is C28H36ClF3N4O5. The van der Waals surface area contributed by atoms with Crippen molar-refractivity contribution in [3.8, 4) is 11.8 Å². The molecular weight excluding hydrogens is 565 g/mol. The standard InChI is InChI=1S/C28H36ClF3N4O5/c1-4-5-10-40-24-16-36(22(17(24)2)13-26(37)38)18-11-20(28(30,31)32)27(34-14-18)41-19-6-8-35(9-7-19)23-12-25(39-3)33-15-21(23)29/h11-12,14-15,17,19,22,24H,4-10,13,16H2,1-3H3,(H,37,38)/t17-,22-,24-/m0/s1. The molecule has 0 saturated carbocycles. The van der Waals surface area contributed by atoms with E-state index >= 15 is 0 Å². The van der Waals surface area contributed by atoms with Gasteiger partial charge in [-0.05, 0) is 12.5 Å². The zero-order valence-electron chi connectivity index (χ0n) is 23.4. The molecule has 0 bridgehead atoms. The third-order valence-electron chi connectivity index (χ3n) is 7.74. The molecule has 0 aliphatic carbocycles. The average Bonchev–Trinajstić information content (AvgIpc) is 3.23. The molecule has 0 radical (unpaired) electrons. The molecule has 9 nitrogen and oxygen atoms in total. The van der Waals surface area contributed by atoms with E-state index in [4.69, 9.17) is 25.8 Å². The maximum atomic E-state index is 14.2. The molecule has 3 atom stereocenters. The normalized spacial score (nSPS) is 21.8. The molecule has 0 amide bonds. The summed E-state index contributed by atoms with van der Waals surface area (Å²) in [6, 6.07) is 2.20. The SMILES string of the molecule is CCCCO[C@H]1CN(c2cnc(OC3CCN(c4cc(OC)ncc4Cl)CC3)c(C(F)(F)F)c2)[C@@H](CC(=O)O)[C@@H]1C. The van der Waals surface area contributed by atoms with E-state index in [1.54, 1.807) is 11.0 Å². The molecule has 2 aromatic heterocycles.